The number of rotatable bonds is 10. The van der Waals surface area contributed by atoms with Crippen LogP contribution in [0.25, 0.3) is 0 Å². The number of carbonyl (C=O) groups is 2. The number of para-hydroxylation sites is 1. The van der Waals surface area contributed by atoms with Crippen molar-refractivity contribution in [3.63, 3.8) is 0 Å². The summed E-state index contributed by atoms with van der Waals surface area (Å²) in [6.45, 7) is 6.72. The number of carbonyl (C=O) groups excluding carboxylic acids is 2. The maximum atomic E-state index is 12.7. The molecular formula is C23H30N2O3. The monoisotopic (exact) mass is 382 g/mol. The minimum absolute atomic E-state index is 0.113. The van der Waals surface area contributed by atoms with Crippen LogP contribution in [0.15, 0.2) is 48.5 Å². The molecule has 28 heavy (non-hydrogen) atoms. The lowest BCUT2D eigenvalue weighted by molar-refractivity contribution is 0.0938. The Morgan fingerprint density at radius 3 is 2.36 bits per heavy atom. The van der Waals surface area contributed by atoms with Gasteiger partial charge in [0.2, 0.25) is 0 Å². The van der Waals surface area contributed by atoms with Crippen LogP contribution in [0.1, 0.15) is 67.2 Å². The van der Waals surface area contributed by atoms with Crippen molar-refractivity contribution in [1.82, 2.24) is 5.32 Å². The normalized spacial score (nSPS) is 11.5. The molecule has 5 nitrogen and oxygen atoms in total. The first-order valence-electron chi connectivity index (χ1n) is 9.99. The highest BCUT2D eigenvalue weighted by molar-refractivity contribution is 6.06. The van der Waals surface area contributed by atoms with Gasteiger partial charge in [-0.25, -0.2) is 0 Å². The van der Waals surface area contributed by atoms with Crippen molar-refractivity contribution in [2.75, 3.05) is 11.9 Å². The van der Waals surface area contributed by atoms with Crippen molar-refractivity contribution in [3.8, 4) is 5.75 Å². The number of amides is 2. The molecule has 0 bridgehead atoms. The van der Waals surface area contributed by atoms with Gasteiger partial charge < -0.3 is 15.4 Å². The summed E-state index contributed by atoms with van der Waals surface area (Å²) >= 11 is 0. The van der Waals surface area contributed by atoms with Gasteiger partial charge in [-0.05, 0) is 56.2 Å². The lowest BCUT2D eigenvalue weighted by Gasteiger charge is -2.13. The van der Waals surface area contributed by atoms with Crippen LogP contribution in [-0.4, -0.2) is 24.5 Å². The zero-order valence-electron chi connectivity index (χ0n) is 17.0. The van der Waals surface area contributed by atoms with Crippen molar-refractivity contribution in [1.29, 1.82) is 0 Å². The summed E-state index contributed by atoms with van der Waals surface area (Å²) < 4.78 is 5.78. The van der Waals surface area contributed by atoms with Gasteiger partial charge in [-0.15, -0.1) is 0 Å². The fourth-order valence-electron chi connectivity index (χ4n) is 2.63. The smallest absolute Gasteiger partial charge is 0.259 e. The van der Waals surface area contributed by atoms with Crippen LogP contribution < -0.4 is 15.4 Å². The van der Waals surface area contributed by atoms with Gasteiger partial charge in [0, 0.05) is 17.3 Å². The van der Waals surface area contributed by atoms with Gasteiger partial charge in [0.15, 0.2) is 0 Å². The van der Waals surface area contributed by atoms with E-state index in [1.54, 1.807) is 30.3 Å². The molecule has 2 aromatic rings. The van der Waals surface area contributed by atoms with E-state index < -0.39 is 0 Å². The van der Waals surface area contributed by atoms with Gasteiger partial charge in [-0.1, -0.05) is 38.8 Å². The van der Waals surface area contributed by atoms with Gasteiger partial charge in [0.25, 0.3) is 11.8 Å². The SMILES string of the molecule is CCCCCOc1ccccc1C(=O)Nc1ccc(C(=O)NC(C)CC)cc1. The Morgan fingerprint density at radius 1 is 0.964 bits per heavy atom. The van der Waals surface area contributed by atoms with Crippen molar-refractivity contribution in [2.45, 2.75) is 52.5 Å². The number of nitrogens with one attached hydrogen (secondary N) is 2. The Bertz CT molecular complexity index is 772. The summed E-state index contributed by atoms with van der Waals surface area (Å²) in [5.74, 6) is 0.238. The van der Waals surface area contributed by atoms with Crippen molar-refractivity contribution >= 4 is 17.5 Å². The molecule has 2 aromatic carbocycles. The van der Waals surface area contributed by atoms with Crippen LogP contribution in [0.4, 0.5) is 5.69 Å². The van der Waals surface area contributed by atoms with Crippen molar-refractivity contribution < 1.29 is 14.3 Å². The highest BCUT2D eigenvalue weighted by Crippen LogP contribution is 2.20. The van der Waals surface area contributed by atoms with Crippen LogP contribution in [0.5, 0.6) is 5.75 Å². The number of benzene rings is 2. The molecule has 0 aliphatic heterocycles. The van der Waals surface area contributed by atoms with Crippen molar-refractivity contribution in [3.05, 3.63) is 59.7 Å². The molecule has 1 unspecified atom stereocenters. The minimum Gasteiger partial charge on any atom is -0.493 e. The number of ether oxygens (including phenoxy) is 1. The van der Waals surface area contributed by atoms with Crippen LogP contribution >= 0.6 is 0 Å². The average molecular weight is 383 g/mol. The van der Waals surface area contributed by atoms with Gasteiger partial charge in [-0.2, -0.15) is 0 Å². The molecule has 150 valence electrons. The second-order valence-electron chi connectivity index (χ2n) is 6.87. The summed E-state index contributed by atoms with van der Waals surface area (Å²) in [5.41, 5.74) is 1.70. The Morgan fingerprint density at radius 2 is 1.68 bits per heavy atom. The lowest BCUT2D eigenvalue weighted by Crippen LogP contribution is -2.31. The van der Waals surface area contributed by atoms with E-state index in [0.29, 0.717) is 29.2 Å². The fraction of sp³-hybridized carbons (Fsp3) is 0.391. The van der Waals surface area contributed by atoms with Crippen LogP contribution in [0.3, 0.4) is 0 Å². The largest absolute Gasteiger partial charge is 0.493 e. The second kappa shape index (κ2) is 11.1. The standard InChI is InChI=1S/C23H30N2O3/c1-4-6-9-16-28-21-11-8-7-10-20(21)23(27)25-19-14-12-18(13-15-19)22(26)24-17(3)5-2/h7-8,10-15,17H,4-6,9,16H2,1-3H3,(H,24,26)(H,25,27). The second-order valence-corrected chi connectivity index (χ2v) is 6.87. The third-order valence-corrected chi connectivity index (χ3v) is 4.53. The number of hydrogen-bond donors (Lipinski definition) is 2. The van der Waals surface area contributed by atoms with Gasteiger partial charge >= 0.3 is 0 Å². The van der Waals surface area contributed by atoms with E-state index in [1.165, 1.54) is 0 Å². The molecular weight excluding hydrogens is 352 g/mol. The zero-order chi connectivity index (χ0) is 20.4. The molecule has 0 aromatic heterocycles. The first-order chi connectivity index (χ1) is 13.5. The Kier molecular flexibility index (Phi) is 8.53. The van der Waals surface area contributed by atoms with Crippen molar-refractivity contribution in [2.24, 2.45) is 0 Å². The first-order valence-corrected chi connectivity index (χ1v) is 9.99. The van der Waals surface area contributed by atoms with Crippen LogP contribution in [0.2, 0.25) is 0 Å². The molecule has 2 N–H and O–H groups in total. The Balaban J connectivity index is 2.00. The molecule has 0 saturated carbocycles. The highest BCUT2D eigenvalue weighted by atomic mass is 16.5. The quantitative estimate of drug-likeness (QED) is 0.566. The topological polar surface area (TPSA) is 67.4 Å². The Labute approximate surface area is 167 Å². The predicted octanol–water partition coefficient (Wildman–Crippen LogP) is 5.04. The molecule has 0 fully saturated rings. The summed E-state index contributed by atoms with van der Waals surface area (Å²) in [7, 11) is 0. The molecule has 0 saturated heterocycles. The zero-order valence-corrected chi connectivity index (χ0v) is 17.0. The molecule has 1 atom stereocenters. The van der Waals surface area contributed by atoms with E-state index >= 15 is 0 Å². The minimum atomic E-state index is -0.233. The summed E-state index contributed by atoms with van der Waals surface area (Å²) in [5, 5.41) is 5.79. The van der Waals surface area contributed by atoms with E-state index in [0.717, 1.165) is 25.7 Å². The van der Waals surface area contributed by atoms with Crippen LogP contribution in [0, 0.1) is 0 Å². The molecule has 0 radical (unpaired) electrons. The third-order valence-electron chi connectivity index (χ3n) is 4.53. The van der Waals surface area contributed by atoms with Gasteiger partial charge in [0.1, 0.15) is 5.75 Å². The number of unbranched alkanes of at least 4 members (excludes halogenated alkanes) is 2. The lowest BCUT2D eigenvalue weighted by atomic mass is 10.1. The molecule has 2 amide bonds. The van der Waals surface area contributed by atoms with Gasteiger partial charge in [0.05, 0.1) is 12.2 Å². The number of hydrogen-bond acceptors (Lipinski definition) is 3. The predicted molar refractivity (Wildman–Crippen MR) is 113 cm³/mol. The summed E-state index contributed by atoms with van der Waals surface area (Å²) in [4.78, 5) is 24.8. The van der Waals surface area contributed by atoms with E-state index in [2.05, 4.69) is 17.6 Å². The van der Waals surface area contributed by atoms with E-state index in [1.807, 2.05) is 32.0 Å². The molecule has 0 spiro atoms. The van der Waals surface area contributed by atoms with E-state index in [-0.39, 0.29) is 17.9 Å². The molecule has 0 heterocycles. The average Bonchev–Trinajstić information content (AvgIpc) is 2.71. The summed E-state index contributed by atoms with van der Waals surface area (Å²) in [6, 6.07) is 14.2. The highest BCUT2D eigenvalue weighted by Gasteiger charge is 2.13. The molecule has 0 aliphatic rings. The first kappa shape index (κ1) is 21.5. The molecule has 0 aliphatic carbocycles. The fourth-order valence-corrected chi connectivity index (χ4v) is 2.63. The van der Waals surface area contributed by atoms with E-state index in [9.17, 15) is 9.59 Å². The van der Waals surface area contributed by atoms with Crippen LogP contribution in [-0.2, 0) is 0 Å². The maximum Gasteiger partial charge on any atom is 0.259 e. The number of anilines is 1. The summed E-state index contributed by atoms with van der Waals surface area (Å²) in [6.07, 6.45) is 4.06. The van der Waals surface area contributed by atoms with E-state index in [4.69, 9.17) is 4.74 Å². The maximum absolute atomic E-state index is 12.7. The van der Waals surface area contributed by atoms with Gasteiger partial charge in [-0.3, -0.25) is 9.59 Å². The third kappa shape index (κ3) is 6.41. The Hall–Kier alpha value is -2.82. The molecule has 2 rings (SSSR count). The molecule has 5 heteroatoms.